The highest BCUT2D eigenvalue weighted by atomic mass is 79.9. The molecular formula is C12H15BrClN3OS2. The molecule has 8 heteroatoms. The van der Waals surface area contributed by atoms with E-state index in [0.717, 1.165) is 28.0 Å². The van der Waals surface area contributed by atoms with Crippen LogP contribution in [0.5, 0.6) is 0 Å². The molecule has 0 aliphatic rings. The van der Waals surface area contributed by atoms with Crippen LogP contribution in [0, 0.1) is 0 Å². The van der Waals surface area contributed by atoms with Crippen LogP contribution in [0.4, 0.5) is 5.13 Å². The Morgan fingerprint density at radius 3 is 2.85 bits per heavy atom. The van der Waals surface area contributed by atoms with Crippen LogP contribution in [0.1, 0.15) is 12.8 Å². The number of carbonyl (C=O) groups is 1. The fourth-order valence-electron chi connectivity index (χ4n) is 1.50. The first-order valence-electron chi connectivity index (χ1n) is 5.83. The zero-order chi connectivity index (χ0) is 13.7. The minimum Gasteiger partial charge on any atom is -0.320 e. The zero-order valence-electron chi connectivity index (χ0n) is 10.8. The number of nitrogens with one attached hydrogen (secondary N) is 2. The van der Waals surface area contributed by atoms with E-state index >= 15 is 0 Å². The number of aromatic nitrogens is 1. The second kappa shape index (κ2) is 8.74. The van der Waals surface area contributed by atoms with Crippen molar-refractivity contribution in [2.75, 3.05) is 18.9 Å². The Balaban J connectivity index is 0.00000200. The van der Waals surface area contributed by atoms with Crippen molar-refractivity contribution in [1.29, 1.82) is 0 Å². The number of thiazole rings is 1. The van der Waals surface area contributed by atoms with Crippen LogP contribution in [0.25, 0.3) is 10.6 Å². The SMILES string of the molecule is CNCCCC(=O)Nc1nc(-c2cc(Br)cs2)cs1.Cl. The van der Waals surface area contributed by atoms with Crippen LogP contribution in [0.15, 0.2) is 21.3 Å². The quantitative estimate of drug-likeness (QED) is 0.726. The molecule has 0 saturated heterocycles. The lowest BCUT2D eigenvalue weighted by Gasteiger charge is -2.00. The van der Waals surface area contributed by atoms with E-state index in [1.165, 1.54) is 11.3 Å². The molecule has 0 radical (unpaired) electrons. The Labute approximate surface area is 140 Å². The Bertz CT molecular complexity index is 558. The number of nitrogens with zero attached hydrogens (tertiary/aromatic N) is 1. The third-order valence-electron chi connectivity index (χ3n) is 2.40. The lowest BCUT2D eigenvalue weighted by Crippen LogP contribution is -2.15. The van der Waals surface area contributed by atoms with Crippen LogP contribution in [0.3, 0.4) is 0 Å². The Hall–Kier alpha value is -0.470. The molecule has 0 spiro atoms. The Morgan fingerprint density at radius 1 is 1.40 bits per heavy atom. The van der Waals surface area contributed by atoms with Gasteiger partial charge in [0.25, 0.3) is 0 Å². The van der Waals surface area contributed by atoms with Gasteiger partial charge in [-0.2, -0.15) is 0 Å². The van der Waals surface area contributed by atoms with Crippen molar-refractivity contribution in [3.8, 4) is 10.6 Å². The monoisotopic (exact) mass is 395 g/mol. The molecule has 2 aromatic heterocycles. The summed E-state index contributed by atoms with van der Waals surface area (Å²) in [5, 5.41) is 10.5. The van der Waals surface area contributed by atoms with Gasteiger partial charge in [0.2, 0.25) is 5.91 Å². The maximum Gasteiger partial charge on any atom is 0.226 e. The Morgan fingerprint density at radius 2 is 2.20 bits per heavy atom. The smallest absolute Gasteiger partial charge is 0.226 e. The highest BCUT2D eigenvalue weighted by molar-refractivity contribution is 9.10. The van der Waals surface area contributed by atoms with Crippen molar-refractivity contribution in [1.82, 2.24) is 10.3 Å². The third-order valence-corrected chi connectivity index (χ3v) is 4.87. The van der Waals surface area contributed by atoms with Crippen LogP contribution in [-0.2, 0) is 4.79 Å². The van der Waals surface area contributed by atoms with Gasteiger partial charge in [-0.15, -0.1) is 35.1 Å². The zero-order valence-corrected chi connectivity index (χ0v) is 14.8. The first-order chi connectivity index (χ1) is 9.19. The van der Waals surface area contributed by atoms with E-state index in [-0.39, 0.29) is 18.3 Å². The van der Waals surface area contributed by atoms with Crippen molar-refractivity contribution < 1.29 is 4.79 Å². The topological polar surface area (TPSA) is 54.0 Å². The molecule has 2 rings (SSSR count). The number of halogens is 2. The summed E-state index contributed by atoms with van der Waals surface area (Å²) in [6, 6.07) is 2.03. The maximum atomic E-state index is 11.7. The van der Waals surface area contributed by atoms with E-state index in [1.807, 2.05) is 23.9 Å². The summed E-state index contributed by atoms with van der Waals surface area (Å²) in [5.41, 5.74) is 0.909. The standard InChI is InChI=1S/C12H14BrN3OS2.ClH/c1-14-4-2-3-11(17)16-12-15-9(7-19-12)10-5-8(13)6-18-10;/h5-7,14H,2-4H2,1H3,(H,15,16,17);1H. The fraction of sp³-hybridized carbons (Fsp3) is 0.333. The summed E-state index contributed by atoms with van der Waals surface area (Å²) < 4.78 is 1.05. The Kier molecular flexibility index (Phi) is 7.68. The van der Waals surface area contributed by atoms with Crippen LogP contribution in [-0.4, -0.2) is 24.5 Å². The molecule has 2 aromatic rings. The minimum absolute atomic E-state index is 0. The van der Waals surface area contributed by atoms with Crippen LogP contribution < -0.4 is 10.6 Å². The highest BCUT2D eigenvalue weighted by Gasteiger charge is 2.09. The fourth-order valence-corrected chi connectivity index (χ4v) is 3.69. The summed E-state index contributed by atoms with van der Waals surface area (Å²) in [7, 11) is 1.88. The average molecular weight is 397 g/mol. The first-order valence-corrected chi connectivity index (χ1v) is 8.38. The van der Waals surface area contributed by atoms with E-state index in [9.17, 15) is 4.79 Å². The molecule has 110 valence electrons. The molecule has 2 N–H and O–H groups in total. The molecule has 0 atom stereocenters. The molecule has 1 amide bonds. The molecule has 2 heterocycles. The van der Waals surface area contributed by atoms with E-state index in [1.54, 1.807) is 11.3 Å². The van der Waals surface area contributed by atoms with Gasteiger partial charge in [0.15, 0.2) is 5.13 Å². The van der Waals surface area contributed by atoms with Gasteiger partial charge in [0.1, 0.15) is 0 Å². The second-order valence-corrected chi connectivity index (χ2v) is 6.61. The summed E-state index contributed by atoms with van der Waals surface area (Å²) in [6.07, 6.45) is 1.35. The third kappa shape index (κ3) is 5.14. The van der Waals surface area contributed by atoms with Gasteiger partial charge in [-0.1, -0.05) is 0 Å². The predicted molar refractivity (Wildman–Crippen MR) is 92.2 cm³/mol. The average Bonchev–Trinajstić information content (AvgIpc) is 2.98. The molecule has 0 aromatic carbocycles. The predicted octanol–water partition coefficient (Wildman–Crippen LogP) is 3.99. The van der Waals surface area contributed by atoms with Crippen molar-refractivity contribution in [2.45, 2.75) is 12.8 Å². The molecule has 0 aliphatic carbocycles. The molecule has 0 aliphatic heterocycles. The van der Waals surface area contributed by atoms with E-state index < -0.39 is 0 Å². The summed E-state index contributed by atoms with van der Waals surface area (Å²) in [4.78, 5) is 17.2. The van der Waals surface area contributed by atoms with Gasteiger partial charge >= 0.3 is 0 Å². The number of hydrogen-bond donors (Lipinski definition) is 2. The number of rotatable bonds is 6. The minimum atomic E-state index is 0. The summed E-state index contributed by atoms with van der Waals surface area (Å²) in [6.45, 7) is 0.847. The lowest BCUT2D eigenvalue weighted by molar-refractivity contribution is -0.116. The maximum absolute atomic E-state index is 11.7. The first kappa shape index (κ1) is 17.6. The van der Waals surface area contributed by atoms with Crippen molar-refractivity contribution in [3.05, 3.63) is 21.3 Å². The number of amides is 1. The van der Waals surface area contributed by atoms with Crippen molar-refractivity contribution in [2.24, 2.45) is 0 Å². The number of thiophene rings is 1. The highest BCUT2D eigenvalue weighted by Crippen LogP contribution is 2.31. The van der Waals surface area contributed by atoms with Crippen molar-refractivity contribution >= 4 is 62.0 Å². The molecule has 0 bridgehead atoms. The van der Waals surface area contributed by atoms with Crippen LogP contribution in [0.2, 0.25) is 0 Å². The summed E-state index contributed by atoms with van der Waals surface area (Å²) in [5.74, 6) is 0.0171. The molecule has 0 saturated carbocycles. The second-order valence-electron chi connectivity index (χ2n) is 3.92. The molecule has 4 nitrogen and oxygen atoms in total. The number of carbonyl (C=O) groups excluding carboxylic acids is 1. The van der Waals surface area contributed by atoms with Gasteiger partial charge < -0.3 is 10.6 Å². The van der Waals surface area contributed by atoms with E-state index in [4.69, 9.17) is 0 Å². The lowest BCUT2D eigenvalue weighted by atomic mass is 10.3. The molecule has 0 unspecified atom stereocenters. The normalized spacial score (nSPS) is 10.1. The van der Waals surface area contributed by atoms with Gasteiger partial charge in [-0.25, -0.2) is 4.98 Å². The van der Waals surface area contributed by atoms with E-state index in [0.29, 0.717) is 11.6 Å². The molecule has 0 fully saturated rings. The number of anilines is 1. The molecular weight excluding hydrogens is 382 g/mol. The van der Waals surface area contributed by atoms with Gasteiger partial charge in [0, 0.05) is 21.7 Å². The largest absolute Gasteiger partial charge is 0.320 e. The van der Waals surface area contributed by atoms with Gasteiger partial charge in [0.05, 0.1) is 10.6 Å². The van der Waals surface area contributed by atoms with Crippen molar-refractivity contribution in [3.63, 3.8) is 0 Å². The molecule has 20 heavy (non-hydrogen) atoms. The van der Waals surface area contributed by atoms with Gasteiger partial charge in [-0.05, 0) is 42.0 Å². The van der Waals surface area contributed by atoms with Gasteiger partial charge in [-0.3, -0.25) is 4.79 Å². The van der Waals surface area contributed by atoms with E-state index in [2.05, 4.69) is 31.5 Å². The van der Waals surface area contributed by atoms with Crippen LogP contribution >= 0.6 is 51.0 Å². The number of hydrogen-bond acceptors (Lipinski definition) is 5. The summed E-state index contributed by atoms with van der Waals surface area (Å²) >= 11 is 6.50.